The summed E-state index contributed by atoms with van der Waals surface area (Å²) in [6.07, 6.45) is 0. The highest BCUT2D eigenvalue weighted by atomic mass is 35.5. The van der Waals surface area contributed by atoms with Gasteiger partial charge >= 0.3 is 4.87 Å². The molecular weight excluding hydrogens is 373 g/mol. The fourth-order valence-corrected chi connectivity index (χ4v) is 4.43. The van der Waals surface area contributed by atoms with Gasteiger partial charge in [0.15, 0.2) is 0 Å². The van der Waals surface area contributed by atoms with Crippen molar-refractivity contribution < 1.29 is 4.39 Å². The zero-order valence-electron chi connectivity index (χ0n) is 14.4. The van der Waals surface area contributed by atoms with Crippen molar-refractivity contribution in [1.29, 1.82) is 0 Å². The van der Waals surface area contributed by atoms with E-state index in [4.69, 9.17) is 0 Å². The summed E-state index contributed by atoms with van der Waals surface area (Å²) in [6, 6.07) is 13.2. The van der Waals surface area contributed by atoms with Crippen LogP contribution in [0.5, 0.6) is 0 Å². The van der Waals surface area contributed by atoms with E-state index in [0.29, 0.717) is 0 Å². The van der Waals surface area contributed by atoms with Crippen LogP contribution < -0.4 is 10.2 Å². The first-order valence-corrected chi connectivity index (χ1v) is 9.22. The van der Waals surface area contributed by atoms with Gasteiger partial charge in [0.25, 0.3) is 0 Å². The van der Waals surface area contributed by atoms with Gasteiger partial charge in [0.05, 0.1) is 10.2 Å². The van der Waals surface area contributed by atoms with E-state index in [2.05, 4.69) is 22.3 Å². The van der Waals surface area contributed by atoms with Crippen LogP contribution in [0.3, 0.4) is 0 Å². The highest BCUT2D eigenvalue weighted by molar-refractivity contribution is 7.16. The zero-order valence-corrected chi connectivity index (χ0v) is 16.1. The molecule has 0 saturated carbocycles. The van der Waals surface area contributed by atoms with Gasteiger partial charge in [0.1, 0.15) is 5.82 Å². The molecule has 0 bridgehead atoms. The third kappa shape index (κ3) is 3.69. The molecule has 1 unspecified atom stereocenters. The summed E-state index contributed by atoms with van der Waals surface area (Å²) < 4.78 is 16.3. The van der Waals surface area contributed by atoms with Crippen LogP contribution in [0.15, 0.2) is 47.3 Å². The second-order valence-electron chi connectivity index (χ2n) is 6.47. The second kappa shape index (κ2) is 7.88. The van der Waals surface area contributed by atoms with Crippen molar-refractivity contribution in [2.24, 2.45) is 7.05 Å². The number of nitrogens with one attached hydrogen (secondary N) is 1. The van der Waals surface area contributed by atoms with Gasteiger partial charge in [-0.15, -0.1) is 12.4 Å². The summed E-state index contributed by atoms with van der Waals surface area (Å²) in [4.78, 5) is 14.3. The van der Waals surface area contributed by atoms with Crippen molar-refractivity contribution >= 4 is 34.0 Å². The Morgan fingerprint density at radius 1 is 1.27 bits per heavy atom. The van der Waals surface area contributed by atoms with Crippen molar-refractivity contribution in [3.05, 3.63) is 69.1 Å². The van der Waals surface area contributed by atoms with Crippen LogP contribution in [0.25, 0.3) is 10.2 Å². The van der Waals surface area contributed by atoms with Gasteiger partial charge in [0.2, 0.25) is 0 Å². The molecule has 4 nitrogen and oxygen atoms in total. The minimum Gasteiger partial charge on any atom is -0.314 e. The van der Waals surface area contributed by atoms with E-state index in [0.717, 1.165) is 42.0 Å². The van der Waals surface area contributed by atoms with Crippen LogP contribution in [0.2, 0.25) is 0 Å². The van der Waals surface area contributed by atoms with Crippen LogP contribution in [-0.2, 0) is 13.6 Å². The smallest absolute Gasteiger partial charge is 0.307 e. The van der Waals surface area contributed by atoms with Gasteiger partial charge in [-0.25, -0.2) is 4.39 Å². The van der Waals surface area contributed by atoms with Crippen molar-refractivity contribution in [1.82, 2.24) is 14.8 Å². The largest absolute Gasteiger partial charge is 0.314 e. The molecule has 7 heteroatoms. The SMILES string of the molecule is Cl.Cn1c(=O)sc2cc(CN3CCNCC3c3cccc(F)c3)ccc21. The molecule has 0 aliphatic carbocycles. The standard InChI is InChI=1S/C19H20FN3OS.ClH/c1-22-16-6-5-13(9-18(16)25-19(22)24)12-23-8-7-21-11-17(23)14-3-2-4-15(20)10-14;/h2-6,9-10,17,21H,7-8,11-12H2,1H3;1H. The van der Waals surface area contributed by atoms with E-state index in [1.54, 1.807) is 23.7 Å². The number of aryl methyl sites for hydroxylation is 1. The maximum atomic E-state index is 13.6. The molecule has 2 heterocycles. The molecular formula is C19H21ClFN3OS. The predicted molar refractivity (Wildman–Crippen MR) is 107 cm³/mol. The number of hydrogen-bond acceptors (Lipinski definition) is 4. The summed E-state index contributed by atoms with van der Waals surface area (Å²) in [5.41, 5.74) is 3.15. The molecule has 3 aromatic rings. The molecule has 1 fully saturated rings. The number of piperazine rings is 1. The van der Waals surface area contributed by atoms with Gasteiger partial charge < -0.3 is 9.88 Å². The highest BCUT2D eigenvalue weighted by Gasteiger charge is 2.24. The van der Waals surface area contributed by atoms with E-state index in [1.807, 2.05) is 12.1 Å². The number of benzene rings is 2. The lowest BCUT2D eigenvalue weighted by Gasteiger charge is -2.36. The molecule has 0 radical (unpaired) electrons. The Bertz CT molecular complexity index is 971. The molecule has 1 aliphatic rings. The second-order valence-corrected chi connectivity index (χ2v) is 7.47. The maximum Gasteiger partial charge on any atom is 0.307 e. The summed E-state index contributed by atoms with van der Waals surface area (Å²) >= 11 is 1.28. The molecule has 1 atom stereocenters. The molecule has 0 spiro atoms. The summed E-state index contributed by atoms with van der Waals surface area (Å²) in [7, 11) is 1.80. The van der Waals surface area contributed by atoms with Gasteiger partial charge in [-0.05, 0) is 35.4 Å². The quantitative estimate of drug-likeness (QED) is 0.741. The zero-order chi connectivity index (χ0) is 17.4. The molecule has 1 N–H and O–H groups in total. The molecule has 1 saturated heterocycles. The van der Waals surface area contributed by atoms with Gasteiger partial charge in [0, 0.05) is 39.3 Å². The fraction of sp³-hybridized carbons (Fsp3) is 0.316. The molecule has 1 aromatic heterocycles. The van der Waals surface area contributed by atoms with Crippen molar-refractivity contribution in [3.63, 3.8) is 0 Å². The molecule has 4 rings (SSSR count). The number of fused-ring (bicyclic) bond motifs is 1. The van der Waals surface area contributed by atoms with Gasteiger partial charge in [-0.3, -0.25) is 9.69 Å². The van der Waals surface area contributed by atoms with Gasteiger partial charge in [-0.1, -0.05) is 29.5 Å². The Hall–Kier alpha value is -1.73. The molecule has 2 aromatic carbocycles. The van der Waals surface area contributed by atoms with E-state index in [1.165, 1.54) is 23.0 Å². The number of aromatic nitrogens is 1. The third-order valence-corrected chi connectivity index (χ3v) is 5.83. The Morgan fingerprint density at radius 3 is 2.92 bits per heavy atom. The highest BCUT2D eigenvalue weighted by Crippen LogP contribution is 2.26. The number of hydrogen-bond donors (Lipinski definition) is 1. The first kappa shape index (κ1) is 19.0. The number of halogens is 2. The average Bonchev–Trinajstić information content (AvgIpc) is 2.89. The minimum absolute atomic E-state index is 0. The van der Waals surface area contributed by atoms with Crippen LogP contribution >= 0.6 is 23.7 Å². The maximum absolute atomic E-state index is 13.6. The first-order valence-electron chi connectivity index (χ1n) is 8.40. The topological polar surface area (TPSA) is 37.3 Å². The summed E-state index contributed by atoms with van der Waals surface area (Å²) in [5.74, 6) is -0.196. The van der Waals surface area contributed by atoms with E-state index < -0.39 is 0 Å². The normalized spacial score (nSPS) is 18.0. The lowest BCUT2D eigenvalue weighted by Crippen LogP contribution is -2.45. The Labute approximate surface area is 161 Å². The van der Waals surface area contributed by atoms with Crippen molar-refractivity contribution in [2.75, 3.05) is 19.6 Å². The van der Waals surface area contributed by atoms with E-state index in [-0.39, 0.29) is 29.1 Å². The molecule has 0 amide bonds. The Morgan fingerprint density at radius 2 is 2.12 bits per heavy atom. The molecule has 26 heavy (non-hydrogen) atoms. The van der Waals surface area contributed by atoms with Crippen molar-refractivity contribution in [2.45, 2.75) is 12.6 Å². The number of thiazole rings is 1. The van der Waals surface area contributed by atoms with E-state index >= 15 is 0 Å². The lowest BCUT2D eigenvalue weighted by molar-refractivity contribution is 0.153. The number of rotatable bonds is 3. The van der Waals surface area contributed by atoms with Crippen molar-refractivity contribution in [3.8, 4) is 0 Å². The summed E-state index contributed by atoms with van der Waals surface area (Å²) in [6.45, 7) is 3.43. The monoisotopic (exact) mass is 393 g/mol. The van der Waals surface area contributed by atoms with Crippen LogP contribution in [0.4, 0.5) is 4.39 Å². The minimum atomic E-state index is -0.196. The van der Waals surface area contributed by atoms with Crippen LogP contribution in [-0.4, -0.2) is 29.1 Å². The predicted octanol–water partition coefficient (Wildman–Crippen LogP) is 3.31. The lowest BCUT2D eigenvalue weighted by atomic mass is 10.0. The van der Waals surface area contributed by atoms with Crippen LogP contribution in [0, 0.1) is 5.82 Å². The Kier molecular flexibility index (Phi) is 5.77. The summed E-state index contributed by atoms with van der Waals surface area (Å²) in [5, 5.41) is 3.40. The Balaban J connectivity index is 0.00000196. The number of nitrogens with zero attached hydrogens (tertiary/aromatic N) is 2. The molecule has 138 valence electrons. The van der Waals surface area contributed by atoms with E-state index in [9.17, 15) is 9.18 Å². The molecule has 1 aliphatic heterocycles. The van der Waals surface area contributed by atoms with Gasteiger partial charge in [-0.2, -0.15) is 0 Å². The first-order chi connectivity index (χ1) is 12.1. The fourth-order valence-electron chi connectivity index (χ4n) is 3.49. The van der Waals surface area contributed by atoms with Crippen LogP contribution in [0.1, 0.15) is 17.2 Å². The average molecular weight is 394 g/mol. The third-order valence-electron chi connectivity index (χ3n) is 4.83.